The summed E-state index contributed by atoms with van der Waals surface area (Å²) in [6, 6.07) is 21.8. The van der Waals surface area contributed by atoms with Gasteiger partial charge in [0, 0.05) is 12.4 Å². The lowest BCUT2D eigenvalue weighted by atomic mass is 9.95. The second-order valence-electron chi connectivity index (χ2n) is 8.72. The van der Waals surface area contributed by atoms with Gasteiger partial charge < -0.3 is 20.5 Å². The van der Waals surface area contributed by atoms with Crippen LogP contribution >= 0.6 is 0 Å². The van der Waals surface area contributed by atoms with Gasteiger partial charge in [-0.25, -0.2) is 9.78 Å². The molecule has 9 nitrogen and oxygen atoms in total. The molecule has 194 valence electrons. The zero-order chi connectivity index (χ0) is 26.8. The number of amides is 1. The van der Waals surface area contributed by atoms with Crippen molar-refractivity contribution in [2.75, 3.05) is 18.5 Å². The van der Waals surface area contributed by atoms with E-state index in [-0.39, 0.29) is 19.4 Å². The van der Waals surface area contributed by atoms with E-state index >= 15 is 0 Å². The highest BCUT2D eigenvalue weighted by molar-refractivity contribution is 5.96. The van der Waals surface area contributed by atoms with Crippen LogP contribution in [0.15, 0.2) is 96.1 Å². The molecule has 3 N–H and O–H groups in total. The van der Waals surface area contributed by atoms with E-state index in [1.807, 2.05) is 48.5 Å². The highest BCUT2D eigenvalue weighted by Gasteiger charge is 2.41. The second kappa shape index (κ2) is 12.4. The summed E-state index contributed by atoms with van der Waals surface area (Å²) in [7, 11) is 0. The summed E-state index contributed by atoms with van der Waals surface area (Å²) < 4.78 is 5.39. The third kappa shape index (κ3) is 6.91. The van der Waals surface area contributed by atoms with Crippen LogP contribution in [0, 0.1) is 0 Å². The van der Waals surface area contributed by atoms with Gasteiger partial charge >= 0.3 is 11.9 Å². The topological polar surface area (TPSA) is 130 Å². The van der Waals surface area contributed by atoms with Crippen molar-refractivity contribution < 1.29 is 24.2 Å². The van der Waals surface area contributed by atoms with E-state index in [1.165, 1.54) is 12.3 Å². The number of aromatic nitrogens is 1. The van der Waals surface area contributed by atoms with Gasteiger partial charge in [0.2, 0.25) is 5.91 Å². The van der Waals surface area contributed by atoms with E-state index in [0.29, 0.717) is 17.9 Å². The Morgan fingerprint density at radius 3 is 2.34 bits per heavy atom. The molecule has 0 saturated heterocycles. The van der Waals surface area contributed by atoms with Gasteiger partial charge in [0.05, 0.1) is 25.4 Å². The predicted molar refractivity (Wildman–Crippen MR) is 144 cm³/mol. The number of anilines is 1. The number of benzene rings is 2. The number of aliphatic imine (C=N–C) groups is 1. The summed E-state index contributed by atoms with van der Waals surface area (Å²) in [6.07, 6.45) is 5.56. The van der Waals surface area contributed by atoms with Crippen molar-refractivity contribution in [2.24, 2.45) is 4.99 Å². The van der Waals surface area contributed by atoms with E-state index in [1.54, 1.807) is 36.5 Å². The normalized spacial score (nSPS) is 16.5. The molecule has 1 aromatic heterocycles. The van der Waals surface area contributed by atoms with E-state index in [4.69, 9.17) is 4.74 Å². The first-order valence-electron chi connectivity index (χ1n) is 12.2. The van der Waals surface area contributed by atoms with Crippen molar-refractivity contribution in [3.63, 3.8) is 0 Å². The van der Waals surface area contributed by atoms with E-state index in [9.17, 15) is 19.5 Å². The number of nitrogens with zero attached hydrogens (tertiary/aromatic N) is 2. The van der Waals surface area contributed by atoms with Crippen LogP contribution in [-0.2, 0) is 19.1 Å². The molecule has 9 heteroatoms. The number of carbonyl (C=O) groups is 3. The maximum absolute atomic E-state index is 13.0. The van der Waals surface area contributed by atoms with Gasteiger partial charge in [0.15, 0.2) is 5.54 Å². The number of carboxylic acid groups (broad SMARTS) is 1. The lowest BCUT2D eigenvalue weighted by Gasteiger charge is -2.24. The molecule has 1 aliphatic rings. The van der Waals surface area contributed by atoms with Gasteiger partial charge in [-0.2, -0.15) is 0 Å². The van der Waals surface area contributed by atoms with Crippen molar-refractivity contribution in [3.05, 3.63) is 96.7 Å². The van der Waals surface area contributed by atoms with Gasteiger partial charge in [0.1, 0.15) is 12.4 Å². The van der Waals surface area contributed by atoms with Crippen molar-refractivity contribution in [2.45, 2.75) is 24.4 Å². The second-order valence-corrected chi connectivity index (χ2v) is 8.72. The predicted octanol–water partition coefficient (Wildman–Crippen LogP) is 3.81. The molecule has 2 aromatic carbocycles. The minimum Gasteiger partial charge on any atom is -0.481 e. The molecule has 38 heavy (non-hydrogen) atoms. The van der Waals surface area contributed by atoms with Crippen LogP contribution in [0.2, 0.25) is 0 Å². The number of hydrogen-bond acceptors (Lipinski definition) is 7. The average molecular weight is 513 g/mol. The number of pyridine rings is 1. The smallest absolute Gasteiger partial charge is 0.338 e. The molecule has 3 aromatic rings. The number of aliphatic carboxylic acids is 1. The fourth-order valence-corrected chi connectivity index (χ4v) is 4.09. The molecule has 0 saturated carbocycles. The monoisotopic (exact) mass is 512 g/mol. The molecule has 2 heterocycles. The summed E-state index contributed by atoms with van der Waals surface area (Å²) in [6.45, 7) is 0.385. The largest absolute Gasteiger partial charge is 0.481 e. The fraction of sp³-hybridized carbons (Fsp3) is 0.207. The quantitative estimate of drug-likeness (QED) is 0.249. The Hall–Kier alpha value is -4.79. The van der Waals surface area contributed by atoms with Crippen molar-refractivity contribution in [3.8, 4) is 11.1 Å². The zero-order valence-electron chi connectivity index (χ0n) is 20.6. The first kappa shape index (κ1) is 26.3. The van der Waals surface area contributed by atoms with Gasteiger partial charge in [-0.15, -0.1) is 0 Å². The van der Waals surface area contributed by atoms with Gasteiger partial charge in [0.25, 0.3) is 0 Å². The molecule has 1 amide bonds. The van der Waals surface area contributed by atoms with E-state index in [2.05, 4.69) is 20.6 Å². The highest BCUT2D eigenvalue weighted by atomic mass is 16.5. The number of carboxylic acids is 1. The summed E-state index contributed by atoms with van der Waals surface area (Å²) in [4.78, 5) is 45.8. The number of hydrogen-bond donors (Lipinski definition) is 3. The standard InChI is InChI=1S/C29H28N4O5/c34-26(20-29(14-6-16-32-29)28(37)38-18-17-31-25-9-4-5-15-30-25)33-24(19-27(35)36)23-12-10-22(11-13-23)21-7-2-1-3-8-21/h1-16,24H,17-20H2,(H,30,31)(H,33,34)(H,35,36). The van der Waals surface area contributed by atoms with Gasteiger partial charge in [-0.05, 0) is 41.0 Å². The minimum atomic E-state index is -1.50. The van der Waals surface area contributed by atoms with Gasteiger partial charge in [-0.3, -0.25) is 14.6 Å². The summed E-state index contributed by atoms with van der Waals surface area (Å²) in [5.41, 5.74) is 1.14. The molecule has 0 aliphatic carbocycles. The number of esters is 1. The highest BCUT2D eigenvalue weighted by Crippen LogP contribution is 2.26. The molecule has 0 fully saturated rings. The molecule has 0 spiro atoms. The fourth-order valence-electron chi connectivity index (χ4n) is 4.09. The zero-order valence-corrected chi connectivity index (χ0v) is 20.6. The Bertz CT molecular complexity index is 1300. The van der Waals surface area contributed by atoms with Gasteiger partial charge in [-0.1, -0.05) is 60.7 Å². The Morgan fingerprint density at radius 2 is 1.68 bits per heavy atom. The van der Waals surface area contributed by atoms with Crippen LogP contribution in [0.4, 0.5) is 5.82 Å². The molecule has 2 atom stereocenters. The van der Waals surface area contributed by atoms with Crippen LogP contribution in [0.5, 0.6) is 0 Å². The Kier molecular flexibility index (Phi) is 8.61. The van der Waals surface area contributed by atoms with Crippen molar-refractivity contribution >= 4 is 29.9 Å². The lowest BCUT2D eigenvalue weighted by Crippen LogP contribution is -2.42. The lowest BCUT2D eigenvalue weighted by molar-refractivity contribution is -0.149. The van der Waals surface area contributed by atoms with Crippen LogP contribution in [0.1, 0.15) is 24.4 Å². The first-order chi connectivity index (χ1) is 18.4. The molecular formula is C29H28N4O5. The summed E-state index contributed by atoms with van der Waals surface area (Å²) in [5, 5.41) is 15.3. The number of ether oxygens (including phenoxy) is 1. The molecule has 1 aliphatic heterocycles. The summed E-state index contributed by atoms with van der Waals surface area (Å²) in [5.74, 6) is -1.59. The SMILES string of the molecule is O=C(O)CC(NC(=O)CC1(C(=O)OCCNc2ccccn2)C=CC=N1)c1ccc(-c2ccccc2)cc1. The van der Waals surface area contributed by atoms with Crippen molar-refractivity contribution in [1.82, 2.24) is 10.3 Å². The molecular weight excluding hydrogens is 484 g/mol. The molecule has 0 bridgehead atoms. The Morgan fingerprint density at radius 1 is 0.947 bits per heavy atom. The van der Waals surface area contributed by atoms with Crippen molar-refractivity contribution in [1.29, 1.82) is 0 Å². The number of nitrogens with one attached hydrogen (secondary N) is 2. The molecule has 4 rings (SSSR count). The number of allylic oxidation sites excluding steroid dienone is 1. The Balaban J connectivity index is 1.38. The van der Waals surface area contributed by atoms with Crippen LogP contribution in [0.25, 0.3) is 11.1 Å². The molecule has 0 radical (unpaired) electrons. The molecule has 2 unspecified atom stereocenters. The number of carbonyl (C=O) groups excluding carboxylic acids is 2. The third-order valence-corrected chi connectivity index (χ3v) is 5.99. The maximum Gasteiger partial charge on any atom is 0.338 e. The minimum absolute atomic E-state index is 0.0531. The van der Waals surface area contributed by atoms with Crippen LogP contribution in [-0.4, -0.2) is 52.8 Å². The summed E-state index contributed by atoms with van der Waals surface area (Å²) >= 11 is 0. The first-order valence-corrected chi connectivity index (χ1v) is 12.2. The van der Waals surface area contributed by atoms with E-state index < -0.39 is 29.4 Å². The van der Waals surface area contributed by atoms with Crippen LogP contribution in [0.3, 0.4) is 0 Å². The maximum atomic E-state index is 13.0. The van der Waals surface area contributed by atoms with E-state index in [0.717, 1.165) is 11.1 Å². The number of rotatable bonds is 12. The Labute approximate surface area is 220 Å². The van der Waals surface area contributed by atoms with Crippen LogP contribution < -0.4 is 10.6 Å². The average Bonchev–Trinajstić information content (AvgIpc) is 3.41. The third-order valence-electron chi connectivity index (χ3n) is 5.99.